The molecule has 0 spiro atoms. The average Bonchev–Trinajstić information content (AvgIpc) is 3.38. The Hall–Kier alpha value is -2.51. The van der Waals surface area contributed by atoms with Gasteiger partial charge in [-0.1, -0.05) is 36.7 Å². The van der Waals surface area contributed by atoms with Crippen LogP contribution in [-0.4, -0.2) is 22.1 Å². The van der Waals surface area contributed by atoms with Crippen LogP contribution in [0.25, 0.3) is 16.7 Å². The van der Waals surface area contributed by atoms with Gasteiger partial charge in [-0.15, -0.1) is 0 Å². The molecule has 1 aliphatic heterocycles. The number of nitrogens with zero attached hydrogens (tertiary/aromatic N) is 2. The van der Waals surface area contributed by atoms with Crippen molar-refractivity contribution in [3.05, 3.63) is 82.1 Å². The number of carbonyl (C=O) groups is 1. The van der Waals surface area contributed by atoms with Crippen molar-refractivity contribution in [1.29, 1.82) is 0 Å². The Balaban J connectivity index is 0.00000289. The van der Waals surface area contributed by atoms with E-state index in [1.54, 1.807) is 0 Å². The van der Waals surface area contributed by atoms with Crippen LogP contribution in [0.3, 0.4) is 0 Å². The third-order valence-corrected chi connectivity index (χ3v) is 6.69. The largest absolute Gasteiger partial charge is 1.00 e. The molecular weight excluding hydrogens is 473 g/mol. The fraction of sp³-hybridized carbons (Fsp3) is 0.259. The van der Waals surface area contributed by atoms with Gasteiger partial charge in [-0.3, -0.25) is 4.57 Å². The normalized spacial score (nSPS) is 14.3. The van der Waals surface area contributed by atoms with Gasteiger partial charge in [0.25, 0.3) is 0 Å². The summed E-state index contributed by atoms with van der Waals surface area (Å²) in [6.45, 7) is 5.23. The predicted molar refractivity (Wildman–Crippen MR) is 132 cm³/mol. The Morgan fingerprint density at radius 3 is 2.83 bits per heavy atom. The predicted octanol–water partition coefficient (Wildman–Crippen LogP) is 1.78. The fourth-order valence-corrected chi connectivity index (χ4v) is 4.83. The first-order chi connectivity index (χ1) is 16.4. The number of aryl methyl sites for hydroxylation is 1. The molecule has 0 unspecified atom stereocenters. The van der Waals surface area contributed by atoms with Crippen molar-refractivity contribution in [2.75, 3.05) is 11.9 Å². The SMILES string of the molecule is CCc1nc2ccc(Cl)cc2n1-c1cccc(CNc2ccc3c(c2)OC[C@H]3CC(=O)[O-])c1C.[Na+]. The van der Waals surface area contributed by atoms with Gasteiger partial charge in [0.2, 0.25) is 0 Å². The smallest absolute Gasteiger partial charge is 0.550 e. The zero-order chi connectivity index (χ0) is 23.8. The number of aliphatic carboxylic acids is 1. The van der Waals surface area contributed by atoms with E-state index in [9.17, 15) is 9.90 Å². The van der Waals surface area contributed by atoms with E-state index in [2.05, 4.69) is 41.9 Å². The van der Waals surface area contributed by atoms with Crippen molar-refractivity contribution < 1.29 is 44.2 Å². The van der Waals surface area contributed by atoms with Gasteiger partial charge in [-0.2, -0.15) is 0 Å². The van der Waals surface area contributed by atoms with Crippen LogP contribution >= 0.6 is 11.6 Å². The van der Waals surface area contributed by atoms with Crippen molar-refractivity contribution >= 4 is 34.3 Å². The number of nitrogens with one attached hydrogen (secondary N) is 1. The summed E-state index contributed by atoms with van der Waals surface area (Å²) in [6.07, 6.45) is 0.780. The molecule has 2 heterocycles. The van der Waals surface area contributed by atoms with Crippen LogP contribution in [0.5, 0.6) is 5.75 Å². The van der Waals surface area contributed by atoms with Crippen LogP contribution in [0.2, 0.25) is 5.02 Å². The Kier molecular flexibility index (Phi) is 7.77. The summed E-state index contributed by atoms with van der Waals surface area (Å²) in [4.78, 5) is 15.8. The molecule has 174 valence electrons. The number of ether oxygens (including phenoxy) is 1. The molecule has 0 amide bonds. The van der Waals surface area contributed by atoms with Crippen molar-refractivity contribution in [3.63, 3.8) is 0 Å². The van der Waals surface area contributed by atoms with E-state index in [0.717, 1.165) is 51.5 Å². The molecule has 8 heteroatoms. The van der Waals surface area contributed by atoms with Crippen molar-refractivity contribution in [2.24, 2.45) is 0 Å². The van der Waals surface area contributed by atoms with Crippen LogP contribution in [0, 0.1) is 6.92 Å². The van der Waals surface area contributed by atoms with Crippen LogP contribution in [-0.2, 0) is 17.8 Å². The van der Waals surface area contributed by atoms with Crippen LogP contribution < -0.4 is 44.7 Å². The Morgan fingerprint density at radius 1 is 1.23 bits per heavy atom. The van der Waals surface area contributed by atoms with Gasteiger partial charge >= 0.3 is 29.6 Å². The Morgan fingerprint density at radius 2 is 2.06 bits per heavy atom. The number of carboxylic acids is 1. The summed E-state index contributed by atoms with van der Waals surface area (Å²) in [5.74, 6) is 0.515. The summed E-state index contributed by atoms with van der Waals surface area (Å²) < 4.78 is 7.92. The van der Waals surface area contributed by atoms with E-state index < -0.39 is 5.97 Å². The molecule has 0 saturated heterocycles. The minimum absolute atomic E-state index is 0. The number of benzene rings is 3. The van der Waals surface area contributed by atoms with E-state index in [1.807, 2.05) is 36.4 Å². The van der Waals surface area contributed by atoms with Gasteiger partial charge < -0.3 is 20.0 Å². The second-order valence-corrected chi connectivity index (χ2v) is 9.04. The number of rotatable bonds is 7. The molecule has 4 aromatic rings. The monoisotopic (exact) mass is 497 g/mol. The number of carboxylic acid groups (broad SMARTS) is 1. The molecule has 0 aliphatic carbocycles. The molecule has 1 atom stereocenters. The number of hydrogen-bond acceptors (Lipinski definition) is 5. The molecule has 1 N–H and O–H groups in total. The number of aromatic nitrogens is 2. The van der Waals surface area contributed by atoms with Crippen LogP contribution in [0.15, 0.2) is 54.6 Å². The Labute approximate surface area is 231 Å². The number of imidazole rings is 1. The number of carbonyl (C=O) groups excluding carboxylic acids is 1. The molecule has 0 radical (unpaired) electrons. The summed E-state index contributed by atoms with van der Waals surface area (Å²) in [7, 11) is 0. The summed E-state index contributed by atoms with van der Waals surface area (Å²) >= 11 is 6.30. The van der Waals surface area contributed by atoms with E-state index in [-0.39, 0.29) is 41.9 Å². The first-order valence-corrected chi connectivity index (χ1v) is 11.8. The molecule has 5 rings (SSSR count). The fourth-order valence-electron chi connectivity index (χ4n) is 4.66. The molecule has 0 saturated carbocycles. The standard InChI is InChI=1S/C27H26ClN3O3.Na/c1-3-26-30-22-10-7-19(28)12-24(22)31(26)23-6-4-5-17(16(23)2)14-29-20-8-9-21-18(11-27(32)33)15-34-25(21)13-20;/h4-10,12-13,18,29H,3,11,14-15H2,1-2H3,(H,32,33);/q;+1/p-1/t18-;/m1./s1. The van der Waals surface area contributed by atoms with Gasteiger partial charge in [0.1, 0.15) is 11.6 Å². The second kappa shape index (κ2) is 10.6. The van der Waals surface area contributed by atoms with E-state index in [0.29, 0.717) is 18.2 Å². The van der Waals surface area contributed by atoms with Gasteiger partial charge in [0, 0.05) is 47.2 Å². The van der Waals surface area contributed by atoms with Crippen LogP contribution in [0.1, 0.15) is 41.8 Å². The number of halogens is 1. The summed E-state index contributed by atoms with van der Waals surface area (Å²) in [6, 6.07) is 17.9. The second-order valence-electron chi connectivity index (χ2n) is 8.60. The summed E-state index contributed by atoms with van der Waals surface area (Å²) in [5, 5.41) is 15.1. The topological polar surface area (TPSA) is 79.2 Å². The molecule has 35 heavy (non-hydrogen) atoms. The van der Waals surface area contributed by atoms with Crippen molar-refractivity contribution in [1.82, 2.24) is 9.55 Å². The zero-order valence-electron chi connectivity index (χ0n) is 20.1. The first-order valence-electron chi connectivity index (χ1n) is 11.4. The quantitative estimate of drug-likeness (QED) is 0.394. The number of hydrogen-bond donors (Lipinski definition) is 1. The van der Waals surface area contributed by atoms with Gasteiger partial charge in [0.15, 0.2) is 0 Å². The average molecular weight is 498 g/mol. The van der Waals surface area contributed by atoms with Gasteiger partial charge in [-0.25, -0.2) is 4.98 Å². The maximum Gasteiger partial charge on any atom is 1.00 e. The molecule has 1 aliphatic rings. The maximum absolute atomic E-state index is 11.0. The molecule has 0 bridgehead atoms. The maximum atomic E-state index is 11.0. The minimum Gasteiger partial charge on any atom is -0.550 e. The number of anilines is 1. The summed E-state index contributed by atoms with van der Waals surface area (Å²) in [5.41, 5.74) is 7.19. The Bertz CT molecular complexity index is 1400. The van der Waals surface area contributed by atoms with Crippen molar-refractivity contribution in [3.8, 4) is 11.4 Å². The van der Waals surface area contributed by atoms with Gasteiger partial charge in [-0.05, 0) is 54.8 Å². The molecule has 1 aromatic heterocycles. The molecular formula is C27H25ClN3NaO3. The van der Waals surface area contributed by atoms with Crippen LogP contribution in [0.4, 0.5) is 5.69 Å². The van der Waals surface area contributed by atoms with E-state index in [1.165, 1.54) is 5.56 Å². The molecule has 0 fully saturated rings. The number of fused-ring (bicyclic) bond motifs is 2. The van der Waals surface area contributed by atoms with Gasteiger partial charge in [0.05, 0.1) is 23.3 Å². The van der Waals surface area contributed by atoms with Crippen molar-refractivity contribution in [2.45, 2.75) is 39.2 Å². The molecule has 6 nitrogen and oxygen atoms in total. The first kappa shape index (κ1) is 25.6. The third kappa shape index (κ3) is 5.07. The minimum atomic E-state index is -1.06. The van der Waals surface area contributed by atoms with E-state index in [4.69, 9.17) is 21.3 Å². The molecule has 3 aromatic carbocycles. The third-order valence-electron chi connectivity index (χ3n) is 6.45. The zero-order valence-corrected chi connectivity index (χ0v) is 22.9. The van der Waals surface area contributed by atoms with E-state index >= 15 is 0 Å².